The van der Waals surface area contributed by atoms with Crippen LogP contribution in [0.25, 0.3) is 11.3 Å². The first-order valence-electron chi connectivity index (χ1n) is 14.2. The van der Waals surface area contributed by atoms with Gasteiger partial charge in [0.1, 0.15) is 17.3 Å². The largest absolute Gasteiger partial charge is 0.497 e. The van der Waals surface area contributed by atoms with Crippen LogP contribution in [0.3, 0.4) is 0 Å². The summed E-state index contributed by atoms with van der Waals surface area (Å²) in [6, 6.07) is 23.0. The maximum Gasteiger partial charge on any atom is 0.243 e. The molecule has 10 nitrogen and oxygen atoms in total. The lowest BCUT2D eigenvalue weighted by Crippen LogP contribution is -2.44. The number of methoxy groups -OCH3 is 2. The van der Waals surface area contributed by atoms with Gasteiger partial charge in [-0.1, -0.05) is 24.3 Å². The van der Waals surface area contributed by atoms with Gasteiger partial charge in [0.15, 0.2) is 5.82 Å². The second kappa shape index (κ2) is 13.8. The number of rotatable bonds is 10. The van der Waals surface area contributed by atoms with Gasteiger partial charge in [-0.3, -0.25) is 4.79 Å². The van der Waals surface area contributed by atoms with Gasteiger partial charge >= 0.3 is 0 Å². The van der Waals surface area contributed by atoms with Gasteiger partial charge in [-0.15, -0.1) is 10.2 Å². The molecule has 3 aromatic carbocycles. The van der Waals surface area contributed by atoms with Crippen molar-refractivity contribution in [1.29, 1.82) is 0 Å². The van der Waals surface area contributed by atoms with Gasteiger partial charge < -0.3 is 19.3 Å². The Morgan fingerprint density at radius 3 is 2.30 bits per heavy atom. The Labute approximate surface area is 256 Å². The van der Waals surface area contributed by atoms with Crippen LogP contribution < -0.4 is 14.4 Å². The van der Waals surface area contributed by atoms with Crippen LogP contribution in [0.15, 0.2) is 89.8 Å². The molecule has 1 aliphatic rings. The zero-order chi connectivity index (χ0) is 31.1. The molecule has 5 rings (SSSR count). The van der Waals surface area contributed by atoms with Gasteiger partial charge in [-0.2, -0.15) is 4.31 Å². The van der Waals surface area contributed by atoms with Crippen molar-refractivity contribution >= 4 is 21.7 Å². The third-order valence-electron chi connectivity index (χ3n) is 7.47. The molecular weight excluding hydrogens is 585 g/mol. The summed E-state index contributed by atoms with van der Waals surface area (Å²) in [5, 5.41) is 8.84. The van der Waals surface area contributed by atoms with Gasteiger partial charge in [-0.05, 0) is 72.6 Å². The second-order valence-corrected chi connectivity index (χ2v) is 12.2. The molecule has 44 heavy (non-hydrogen) atoms. The van der Waals surface area contributed by atoms with Crippen LogP contribution in [-0.4, -0.2) is 80.7 Å². The summed E-state index contributed by atoms with van der Waals surface area (Å²) in [7, 11) is -0.952. The topological polar surface area (TPSA) is 105 Å². The highest BCUT2D eigenvalue weighted by Crippen LogP contribution is 2.24. The van der Waals surface area contributed by atoms with E-state index in [0.717, 1.165) is 21.3 Å². The number of benzene rings is 3. The van der Waals surface area contributed by atoms with E-state index < -0.39 is 15.8 Å². The molecule has 0 saturated carbocycles. The first-order chi connectivity index (χ1) is 21.3. The molecule has 1 amide bonds. The Hall–Kier alpha value is -4.55. The maximum atomic E-state index is 13.7. The lowest BCUT2D eigenvalue weighted by molar-refractivity contribution is -0.131. The maximum absolute atomic E-state index is 13.7. The first kappa shape index (κ1) is 30.9. The fourth-order valence-corrected chi connectivity index (χ4v) is 6.37. The SMILES string of the molecule is COc1ccc(S(=O)(=O)N(CC(=O)N2CCCN(c3ccc(-c4cccc(OC)c4)nn3)CC2)Cc2ccc(F)cc2)cc1. The Morgan fingerprint density at radius 2 is 1.61 bits per heavy atom. The van der Waals surface area contributed by atoms with Crippen LogP contribution in [0.2, 0.25) is 0 Å². The molecule has 0 bridgehead atoms. The number of ether oxygens (including phenoxy) is 2. The minimum absolute atomic E-state index is 0.0335. The highest BCUT2D eigenvalue weighted by molar-refractivity contribution is 7.89. The van der Waals surface area contributed by atoms with E-state index in [9.17, 15) is 17.6 Å². The van der Waals surface area contributed by atoms with Crippen LogP contribution in [0.1, 0.15) is 12.0 Å². The highest BCUT2D eigenvalue weighted by Gasteiger charge is 2.30. The van der Waals surface area contributed by atoms with Crippen molar-refractivity contribution in [3.63, 3.8) is 0 Å². The van der Waals surface area contributed by atoms with Crippen molar-refractivity contribution in [2.45, 2.75) is 17.9 Å². The fourth-order valence-electron chi connectivity index (χ4n) is 4.99. The van der Waals surface area contributed by atoms with Gasteiger partial charge in [0, 0.05) is 38.3 Å². The molecule has 0 atom stereocenters. The number of nitrogens with zero attached hydrogens (tertiary/aromatic N) is 5. The van der Waals surface area contributed by atoms with Crippen LogP contribution in [0.4, 0.5) is 10.2 Å². The Morgan fingerprint density at radius 1 is 0.864 bits per heavy atom. The zero-order valence-electron chi connectivity index (χ0n) is 24.6. The van der Waals surface area contributed by atoms with Gasteiger partial charge in [0.2, 0.25) is 15.9 Å². The van der Waals surface area contributed by atoms with Crippen LogP contribution in [0, 0.1) is 5.82 Å². The van der Waals surface area contributed by atoms with Gasteiger partial charge in [0.05, 0.1) is 31.4 Å². The summed E-state index contributed by atoms with van der Waals surface area (Å²) in [6.45, 7) is 1.60. The first-order valence-corrected chi connectivity index (χ1v) is 15.6. The quantitative estimate of drug-likeness (QED) is 0.260. The van der Waals surface area contributed by atoms with E-state index >= 15 is 0 Å². The van der Waals surface area contributed by atoms with Crippen molar-refractivity contribution in [2.24, 2.45) is 0 Å². The van der Waals surface area contributed by atoms with Gasteiger partial charge in [-0.25, -0.2) is 12.8 Å². The monoisotopic (exact) mass is 619 g/mol. The second-order valence-electron chi connectivity index (χ2n) is 10.3. The molecule has 12 heteroatoms. The Bertz CT molecular complexity index is 1670. The Balaban J connectivity index is 1.28. The lowest BCUT2D eigenvalue weighted by Gasteiger charge is -2.27. The molecule has 0 radical (unpaired) electrons. The number of sulfonamides is 1. The summed E-state index contributed by atoms with van der Waals surface area (Å²) >= 11 is 0. The predicted molar refractivity (Wildman–Crippen MR) is 164 cm³/mol. The molecular formula is C32H34FN5O5S. The van der Waals surface area contributed by atoms with Crippen LogP contribution in [0.5, 0.6) is 11.5 Å². The molecule has 1 saturated heterocycles. The van der Waals surface area contributed by atoms with E-state index in [0.29, 0.717) is 49.7 Å². The zero-order valence-corrected chi connectivity index (χ0v) is 25.4. The predicted octanol–water partition coefficient (Wildman–Crippen LogP) is 4.23. The van der Waals surface area contributed by atoms with E-state index in [1.807, 2.05) is 36.4 Å². The number of hydrogen-bond donors (Lipinski definition) is 0. The molecule has 0 unspecified atom stereocenters. The smallest absolute Gasteiger partial charge is 0.243 e. The summed E-state index contributed by atoms with van der Waals surface area (Å²) in [5.41, 5.74) is 2.18. The summed E-state index contributed by atoms with van der Waals surface area (Å²) in [4.78, 5) is 17.3. The van der Waals surface area contributed by atoms with Crippen LogP contribution in [-0.2, 0) is 21.4 Å². The van der Waals surface area contributed by atoms with Crippen molar-refractivity contribution < 1.29 is 27.1 Å². The third-order valence-corrected chi connectivity index (χ3v) is 9.28. The Kier molecular flexibility index (Phi) is 9.71. The molecule has 230 valence electrons. The average molecular weight is 620 g/mol. The number of carbonyl (C=O) groups excluding carboxylic acids is 1. The molecule has 2 heterocycles. The molecule has 1 aliphatic heterocycles. The number of amides is 1. The van der Waals surface area contributed by atoms with Gasteiger partial charge in [0.25, 0.3) is 0 Å². The minimum Gasteiger partial charge on any atom is -0.497 e. The van der Waals surface area contributed by atoms with Crippen molar-refractivity contribution in [3.05, 3.63) is 96.3 Å². The fraction of sp³-hybridized carbons (Fsp3) is 0.281. The summed E-state index contributed by atoms with van der Waals surface area (Å²) in [6.07, 6.45) is 0.675. The number of hydrogen-bond acceptors (Lipinski definition) is 8. The molecule has 0 N–H and O–H groups in total. The molecule has 4 aromatic rings. The molecule has 0 spiro atoms. The van der Waals surface area contributed by atoms with Crippen molar-refractivity contribution in [1.82, 2.24) is 19.4 Å². The normalized spacial score (nSPS) is 13.9. The van der Waals surface area contributed by atoms with Crippen molar-refractivity contribution in [3.8, 4) is 22.8 Å². The minimum atomic E-state index is -4.06. The standard InChI is InChI=1S/C32H34FN5O5S/c1-42-27-11-13-29(14-12-27)44(40,41)38(22-24-7-9-26(33)10-8-24)23-32(39)37-18-4-17-36(19-20-37)31-16-15-30(34-35-31)25-5-3-6-28(21-25)43-2/h3,5-16,21H,4,17-20,22-23H2,1-2H3. The lowest BCUT2D eigenvalue weighted by atomic mass is 10.1. The summed E-state index contributed by atoms with van der Waals surface area (Å²) < 4.78 is 52.5. The highest BCUT2D eigenvalue weighted by atomic mass is 32.2. The molecule has 1 fully saturated rings. The average Bonchev–Trinajstić information content (AvgIpc) is 3.32. The van der Waals surface area contributed by atoms with Crippen molar-refractivity contribution in [2.75, 3.05) is 51.8 Å². The van der Waals surface area contributed by atoms with E-state index in [-0.39, 0.29) is 23.9 Å². The summed E-state index contributed by atoms with van der Waals surface area (Å²) in [5.74, 6) is 1.21. The number of halogens is 1. The molecule has 1 aromatic heterocycles. The molecule has 0 aliphatic carbocycles. The van der Waals surface area contributed by atoms with E-state index in [2.05, 4.69) is 15.1 Å². The number of anilines is 1. The number of aromatic nitrogens is 2. The van der Waals surface area contributed by atoms with E-state index in [4.69, 9.17) is 9.47 Å². The third kappa shape index (κ3) is 7.32. The van der Waals surface area contributed by atoms with E-state index in [1.54, 1.807) is 24.1 Å². The number of carbonyl (C=O) groups is 1. The van der Waals surface area contributed by atoms with E-state index in [1.165, 1.54) is 43.5 Å². The van der Waals surface area contributed by atoms with Crippen LogP contribution >= 0.6 is 0 Å².